The molecular formula is C113H125N7O27. The van der Waals surface area contributed by atoms with Crippen LogP contribution in [0.25, 0.3) is 12.2 Å². The Morgan fingerprint density at radius 2 is 0.782 bits per heavy atom. The number of nitrogens with one attached hydrogen (secondary N) is 1. The molecule has 12 aliphatic heterocycles. The fraction of sp³-hybridized carbons (Fsp3) is 0.416. The van der Waals surface area contributed by atoms with E-state index in [-0.39, 0.29) is 118 Å². The maximum absolute atomic E-state index is 13.3. The Morgan fingerprint density at radius 1 is 0.429 bits per heavy atom. The largest absolute Gasteiger partial charge is 0.514 e. The van der Waals surface area contributed by atoms with Crippen LogP contribution in [0, 0.1) is 41.5 Å². The number of likely N-dealkylation sites (N-methyl/N-ethyl adjacent to an activating group) is 3. The molecule has 9 aromatic carbocycles. The van der Waals surface area contributed by atoms with Gasteiger partial charge in [-0.05, 0) is 168 Å². The van der Waals surface area contributed by atoms with Crippen molar-refractivity contribution in [1.29, 1.82) is 0 Å². The predicted octanol–water partition coefficient (Wildman–Crippen LogP) is 13.8. The maximum Gasteiger partial charge on any atom is 0.514 e. The number of carbonyl (C=O) groups is 6. The molecule has 12 heterocycles. The molecule has 0 radical (unpaired) electrons. The summed E-state index contributed by atoms with van der Waals surface area (Å²) in [6.45, 7) is 25.2. The summed E-state index contributed by atoms with van der Waals surface area (Å²) in [5.41, 5.74) is 16.2. The summed E-state index contributed by atoms with van der Waals surface area (Å²) in [6.07, 6.45) is 7.12. The lowest BCUT2D eigenvalue weighted by Gasteiger charge is -2.60. The smallest absolute Gasteiger partial charge is 0.504 e. The highest BCUT2D eigenvalue weighted by atomic mass is 16.7. The minimum Gasteiger partial charge on any atom is -0.504 e. The zero-order valence-electron chi connectivity index (χ0n) is 84.8. The Morgan fingerprint density at radius 3 is 1.16 bits per heavy atom. The summed E-state index contributed by atoms with van der Waals surface area (Å²) < 4.78 is 87.8. The van der Waals surface area contributed by atoms with Crippen molar-refractivity contribution in [2.75, 3.05) is 87.7 Å². The van der Waals surface area contributed by atoms with Crippen LogP contribution in [0.5, 0.6) is 86.2 Å². The maximum atomic E-state index is 13.3. The van der Waals surface area contributed by atoms with Crippen LogP contribution in [0.4, 0.5) is 4.79 Å². The molecule has 34 heteroatoms. The van der Waals surface area contributed by atoms with Crippen molar-refractivity contribution in [2.24, 2.45) is 0 Å². The van der Waals surface area contributed by atoms with E-state index in [9.17, 15) is 59.4 Å². The molecule has 9 aromatic rings. The number of esters is 4. The summed E-state index contributed by atoms with van der Waals surface area (Å²) in [4.78, 5) is 90.4. The number of hydrogen-bond acceptors (Lipinski definition) is 33. The third-order valence-electron chi connectivity index (χ3n) is 31.0. The monoisotopic (exact) mass is 2010 g/mol. The van der Waals surface area contributed by atoms with Crippen LogP contribution in [0.2, 0.25) is 0 Å². The molecule has 34 nitrogen and oxygen atoms in total. The van der Waals surface area contributed by atoms with E-state index in [0.29, 0.717) is 172 Å². The summed E-state index contributed by atoms with van der Waals surface area (Å²) in [6, 6.07) is 29.4. The Bertz CT molecular complexity index is 6720. The average Bonchev–Trinajstić information content (AvgIpc) is 0.987. The molecule has 774 valence electrons. The van der Waals surface area contributed by atoms with Gasteiger partial charge < -0.3 is 107 Å². The number of piperazine rings is 3. The second-order valence-corrected chi connectivity index (χ2v) is 38.9. The molecule has 3 fully saturated rings. The third kappa shape index (κ3) is 18.2. The highest BCUT2D eigenvalue weighted by Crippen LogP contribution is 2.64. The number of hydrogen-bond donors (Lipinski definition) is 7. The number of aliphatic hydroxyl groups excluding tert-OH is 3. The standard InChI is InChI=1S/C39H43N3O9.C37H42N2O9.C37H40N2O9/c1-6-15-48-39(46)51-35-22(4)36-37(50-20-49-36)31-25(35)18-26-32-30-24(16-21(3)34(47-5)33(30)44)17-27(41(32)7-2)38(45)42(26)28(31)19-40-29(43)14-13-23-11-9-8-10-12-23;2*1-6-38-26-15-23-14-19(2)33(44-5)32(42)29(23)31(38)25-16-24-30(36-35(46-18-47-36)20(3)34(24)48-21(4)40)27(39(25)37(26)43)17-45-28(41)13-12-22-10-8-7-9-11-22/h6,8-14,16,26-28,32,38,44-45H,1,7,15,17-20H2,2-5H3,(H,40,43);7-11,14,25-27,31,37,42-43H,6,12-13,15-18H2,1-5H3;7-14,25-27,31,37,42-43H,6,15-18H2,1-5H3/b14-13+;;13-12+/t26?,27-,28-,32-,38-;2*25?,26-,27-,31-,37-/m000/s1. The first kappa shape index (κ1) is 102. The number of amides is 1. The molecule has 6 bridgehead atoms. The number of ether oxygens (including phenoxy) is 15. The number of rotatable bonds is 24. The molecule has 12 aliphatic rings. The molecule has 0 saturated carbocycles. The molecule has 0 spiro atoms. The zero-order chi connectivity index (χ0) is 104. The number of phenols is 3. The molecule has 21 rings (SSSR count). The Hall–Kier alpha value is -13.9. The van der Waals surface area contributed by atoms with E-state index in [1.807, 2.05) is 179 Å². The number of aryl methyl sites for hydroxylation is 4. The van der Waals surface area contributed by atoms with Crippen LogP contribution in [-0.4, -0.2) is 239 Å². The number of aliphatic hydroxyl groups is 3. The minimum absolute atomic E-state index is 0.0169. The zero-order valence-corrected chi connectivity index (χ0v) is 84.8. The van der Waals surface area contributed by atoms with Crippen LogP contribution in [-0.2, 0) is 83.1 Å². The molecule has 147 heavy (non-hydrogen) atoms. The Kier molecular flexibility index (Phi) is 29.1. The normalized spacial score (nSPS) is 23.7. The molecule has 3 saturated heterocycles. The molecule has 15 atom stereocenters. The van der Waals surface area contributed by atoms with Crippen LogP contribution in [0.3, 0.4) is 0 Å². The summed E-state index contributed by atoms with van der Waals surface area (Å²) in [5.74, 6) is 3.06. The van der Waals surface area contributed by atoms with E-state index in [0.717, 1.165) is 72.3 Å². The van der Waals surface area contributed by atoms with E-state index >= 15 is 0 Å². The summed E-state index contributed by atoms with van der Waals surface area (Å²) in [7, 11) is 4.63. The highest BCUT2D eigenvalue weighted by molar-refractivity contribution is 5.92. The number of aromatic hydroxyl groups is 3. The lowest BCUT2D eigenvalue weighted by molar-refractivity contribution is -0.187. The first-order chi connectivity index (χ1) is 71.0. The highest BCUT2D eigenvalue weighted by Gasteiger charge is 2.62. The van der Waals surface area contributed by atoms with Gasteiger partial charge in [0.2, 0.25) is 26.3 Å². The molecule has 1 amide bonds. The van der Waals surface area contributed by atoms with Gasteiger partial charge in [-0.1, -0.05) is 143 Å². The van der Waals surface area contributed by atoms with Gasteiger partial charge in [-0.2, -0.15) is 0 Å². The fourth-order valence-corrected chi connectivity index (χ4v) is 25.3. The lowest BCUT2D eigenvalue weighted by Crippen LogP contribution is -2.69. The van der Waals surface area contributed by atoms with Crippen LogP contribution < -0.4 is 62.2 Å². The summed E-state index contributed by atoms with van der Waals surface area (Å²) >= 11 is 0. The number of fused-ring (bicyclic) bond motifs is 27. The first-order valence-corrected chi connectivity index (χ1v) is 50.1. The number of benzene rings is 9. The number of methoxy groups -OCH3 is 3. The fourth-order valence-electron chi connectivity index (χ4n) is 25.3. The van der Waals surface area contributed by atoms with E-state index in [1.165, 1.54) is 39.2 Å². The average molecular weight is 2010 g/mol. The van der Waals surface area contributed by atoms with E-state index in [4.69, 9.17) is 71.1 Å². The molecule has 0 aliphatic carbocycles. The van der Waals surface area contributed by atoms with E-state index in [1.54, 1.807) is 33.3 Å². The Labute approximate surface area is 852 Å². The lowest BCUT2D eigenvalue weighted by atomic mass is 9.73. The van der Waals surface area contributed by atoms with Crippen molar-refractivity contribution in [3.05, 3.63) is 251 Å². The van der Waals surface area contributed by atoms with Crippen LogP contribution >= 0.6 is 0 Å². The van der Waals surface area contributed by atoms with Crippen molar-refractivity contribution in [2.45, 2.75) is 219 Å². The number of nitrogens with zero attached hydrogens (tertiary/aromatic N) is 6. The van der Waals surface area contributed by atoms with Gasteiger partial charge in [-0.25, -0.2) is 9.59 Å². The van der Waals surface area contributed by atoms with Crippen molar-refractivity contribution >= 4 is 48.1 Å². The van der Waals surface area contributed by atoms with Crippen molar-refractivity contribution in [3.8, 4) is 86.2 Å². The van der Waals surface area contributed by atoms with Gasteiger partial charge in [-0.3, -0.25) is 48.6 Å². The molecule has 7 N–H and O–H groups in total. The molecule has 0 aromatic heterocycles. The van der Waals surface area contributed by atoms with Crippen molar-refractivity contribution < 1.29 is 130 Å². The van der Waals surface area contributed by atoms with Gasteiger partial charge >= 0.3 is 30.0 Å². The predicted molar refractivity (Wildman–Crippen MR) is 538 cm³/mol. The van der Waals surface area contributed by atoms with E-state index < -0.39 is 85.0 Å². The van der Waals surface area contributed by atoms with Crippen LogP contribution in [0.15, 0.2) is 134 Å². The van der Waals surface area contributed by atoms with Crippen molar-refractivity contribution in [1.82, 2.24) is 34.7 Å². The first-order valence-electron chi connectivity index (χ1n) is 50.1. The second-order valence-electron chi connectivity index (χ2n) is 38.9. The van der Waals surface area contributed by atoms with Gasteiger partial charge in [0.1, 0.15) is 55.8 Å². The third-order valence-corrected chi connectivity index (χ3v) is 31.0. The van der Waals surface area contributed by atoms with Crippen molar-refractivity contribution in [3.63, 3.8) is 0 Å². The molecular weight excluding hydrogens is 1890 g/mol. The van der Waals surface area contributed by atoms with Gasteiger partial charge in [0, 0.05) is 124 Å². The SMILES string of the molecule is C=CCOC(=O)Oc1c(C)c2c(c3c1CC1[C@H]4c5c(cc(C)c(OC)c5O)C[C@@H]([C@H](O)N1[C@H]3CNC(=O)/C=C/c1ccccc1)N4CC)OCO2.CCN1[C@@H]2c3c(cc(C)c(OC)c3O)C[C@H]1[C@H](O)N1C2Cc2c(OC(C)=O)c(C)c3c(c2[C@@H]1COC(=O)/C=C/c1ccccc1)OCO3.CCN1[C@@H]2c3c(cc(C)c(OC)c3O)C[C@H]1[C@H](O)N1C2Cc2c(OC(C)=O)c(C)c3c(c2[C@@H]1COC(=O)CCc1ccccc1)OCO3. The number of carbonyl (C=O) groups excluding carboxylic acids is 6. The number of phenolic OH excluding ortho intramolecular Hbond substituents is 3. The van der Waals surface area contributed by atoms with Gasteiger partial charge in [0.05, 0.1) is 75.7 Å². The summed E-state index contributed by atoms with van der Waals surface area (Å²) in [5, 5.41) is 75.3. The van der Waals surface area contributed by atoms with Gasteiger partial charge in [-0.15, -0.1) is 0 Å². The second kappa shape index (κ2) is 42.1. The van der Waals surface area contributed by atoms with Crippen LogP contribution in [0.1, 0.15) is 194 Å². The van der Waals surface area contributed by atoms with E-state index in [2.05, 4.69) is 26.6 Å². The Balaban J connectivity index is 0.000000139. The van der Waals surface area contributed by atoms with Gasteiger partial charge in [0.25, 0.3) is 0 Å². The molecule has 3 unspecified atom stereocenters. The topological polar surface area (TPSA) is 394 Å². The minimum atomic E-state index is -0.975. The quantitative estimate of drug-likeness (QED) is 0.00737. The van der Waals surface area contributed by atoms with Gasteiger partial charge in [0.15, 0.2) is 69.0 Å².